The van der Waals surface area contributed by atoms with Crippen LogP contribution in [0.15, 0.2) is 72.9 Å². The van der Waals surface area contributed by atoms with Gasteiger partial charge in [0.2, 0.25) is 5.91 Å². The highest BCUT2D eigenvalue weighted by atomic mass is 35.5. The lowest BCUT2D eigenvalue weighted by Gasteiger charge is -2.37. The van der Waals surface area contributed by atoms with Gasteiger partial charge in [0.05, 0.1) is 39.2 Å². The predicted molar refractivity (Wildman–Crippen MR) is 210 cm³/mol. The summed E-state index contributed by atoms with van der Waals surface area (Å²) >= 11 is 6.73. The Kier molecular flexibility index (Phi) is 10.8. The van der Waals surface area contributed by atoms with Gasteiger partial charge in [-0.3, -0.25) is 14.3 Å². The number of aliphatic hydroxyl groups is 1. The first-order valence-electron chi connectivity index (χ1n) is 18.9. The fourth-order valence-corrected chi connectivity index (χ4v) is 13.3. The van der Waals surface area contributed by atoms with E-state index in [0.29, 0.717) is 43.9 Å². The number of aliphatic hydroxyl groups excluding tert-OH is 1. The number of halogens is 1. The normalized spacial score (nSPS) is 23.4. The van der Waals surface area contributed by atoms with Crippen molar-refractivity contribution in [3.63, 3.8) is 0 Å². The van der Waals surface area contributed by atoms with Gasteiger partial charge < -0.3 is 24.4 Å². The molecule has 7 rings (SSSR count). The van der Waals surface area contributed by atoms with Gasteiger partial charge in [-0.15, -0.1) is 5.10 Å². The average Bonchev–Trinajstić information content (AvgIpc) is 3.79. The van der Waals surface area contributed by atoms with Crippen LogP contribution < -0.4 is 19.7 Å². The smallest absolute Gasteiger partial charge is 0.264 e. The van der Waals surface area contributed by atoms with Gasteiger partial charge >= 0.3 is 0 Å². The number of carbonyl (C=O) groups is 2. The van der Waals surface area contributed by atoms with Gasteiger partial charge in [0.15, 0.2) is 5.60 Å². The van der Waals surface area contributed by atoms with E-state index in [1.807, 2.05) is 64.5 Å². The summed E-state index contributed by atoms with van der Waals surface area (Å²) in [5.41, 5.74) is 2.96. The van der Waals surface area contributed by atoms with E-state index in [9.17, 15) is 9.90 Å². The molecule has 0 saturated carbocycles. The number of methoxy groups -OCH3 is 1. The highest BCUT2D eigenvalue weighted by Crippen LogP contribution is 2.60. The number of aryl methyl sites for hydroxylation is 1. The van der Waals surface area contributed by atoms with Crippen LogP contribution in [0.5, 0.6) is 5.75 Å². The number of hydrogen-bond acceptors (Lipinski definition) is 7. The van der Waals surface area contributed by atoms with Gasteiger partial charge in [0, 0.05) is 60.9 Å². The maximum Gasteiger partial charge on any atom is 0.264 e. The standard InChI is InChI=1S/C41H50ClN5O5Si/c1-28-39(53(3,4)34-16-14-33(51-2)15-17-34)37(19-22-45-27-31(20-23-48)43-44-45)52-41(28)35-25-30(42)13-18-36(35)47(40(41)50)26-29-10-9-11-32(24-29)46-21-8-6-5-7-12-38(46)49/h9-11,13-18,24-25,27-28,37,39,48H,5-8,12,19-23,26H2,1-4H3/t28-,37+,39-,41+/m1/s1. The van der Waals surface area contributed by atoms with Crippen LogP contribution in [0.1, 0.15) is 62.3 Å². The topological polar surface area (TPSA) is 110 Å². The lowest BCUT2D eigenvalue weighted by Crippen LogP contribution is -2.51. The minimum Gasteiger partial charge on any atom is -0.497 e. The Balaban J connectivity index is 1.25. The van der Waals surface area contributed by atoms with Crippen molar-refractivity contribution in [1.82, 2.24) is 15.0 Å². The second-order valence-corrected chi connectivity index (χ2v) is 20.4. The van der Waals surface area contributed by atoms with Gasteiger partial charge in [-0.1, -0.05) is 79.1 Å². The quantitative estimate of drug-likeness (QED) is 0.171. The Morgan fingerprint density at radius 1 is 1.04 bits per heavy atom. The van der Waals surface area contributed by atoms with Crippen molar-refractivity contribution in [1.29, 1.82) is 0 Å². The Bertz CT molecular complexity index is 1950. The van der Waals surface area contributed by atoms with Gasteiger partial charge in [-0.2, -0.15) is 0 Å². The van der Waals surface area contributed by atoms with E-state index in [1.54, 1.807) is 11.8 Å². The third-order valence-corrected chi connectivity index (χ3v) is 16.4. The molecule has 1 N–H and O–H groups in total. The molecule has 2 fully saturated rings. The van der Waals surface area contributed by atoms with E-state index in [1.165, 1.54) is 5.19 Å². The Labute approximate surface area is 318 Å². The van der Waals surface area contributed by atoms with E-state index in [-0.39, 0.29) is 36.0 Å². The molecule has 1 spiro atoms. The molecule has 4 aromatic rings. The number of carbonyl (C=O) groups excluding carboxylic acids is 2. The zero-order valence-corrected chi connectivity index (χ0v) is 32.9. The average molecular weight is 756 g/mol. The first-order valence-corrected chi connectivity index (χ1v) is 22.4. The SMILES string of the molecule is COc1ccc([Si](C)(C)[C@H]2[C@H](CCn3cc(CCO)nn3)O[C@@]3(C(=O)N(Cc4cccc(N5CCCCCCC5=O)c4)c4ccc(Cl)cc43)[C@@H]2C)cc1. The summed E-state index contributed by atoms with van der Waals surface area (Å²) in [5, 5.41) is 19.8. The number of fused-ring (bicyclic) bond motifs is 2. The van der Waals surface area contributed by atoms with Crippen molar-refractivity contribution in [3.05, 3.63) is 94.8 Å². The van der Waals surface area contributed by atoms with E-state index in [4.69, 9.17) is 21.1 Å². The fourth-order valence-electron chi connectivity index (χ4n) is 9.09. The van der Waals surface area contributed by atoms with Crippen LogP contribution in [0.25, 0.3) is 0 Å². The minimum atomic E-state index is -2.35. The number of amides is 2. The minimum absolute atomic E-state index is 0.00937. The molecule has 1 aromatic heterocycles. The van der Waals surface area contributed by atoms with Gasteiger partial charge in [-0.05, 0) is 72.8 Å². The molecule has 4 atom stereocenters. The lowest BCUT2D eigenvalue weighted by atomic mass is 9.82. The van der Waals surface area contributed by atoms with Crippen molar-refractivity contribution in [2.45, 2.75) is 95.3 Å². The summed E-state index contributed by atoms with van der Waals surface area (Å²) in [6.45, 7) is 8.52. The molecule has 12 heteroatoms. The van der Waals surface area contributed by atoms with Crippen LogP contribution in [-0.4, -0.2) is 66.4 Å². The number of aromatic nitrogens is 3. The molecule has 4 heterocycles. The number of rotatable bonds is 11. The molecule has 10 nitrogen and oxygen atoms in total. The molecule has 3 aliphatic heterocycles. The summed E-state index contributed by atoms with van der Waals surface area (Å²) in [4.78, 5) is 32.2. The summed E-state index contributed by atoms with van der Waals surface area (Å²) in [5.74, 6) is 0.685. The van der Waals surface area contributed by atoms with Crippen LogP contribution >= 0.6 is 11.6 Å². The molecular formula is C41H50ClN5O5Si. The first kappa shape index (κ1) is 37.3. The van der Waals surface area contributed by atoms with Crippen LogP contribution in [0.2, 0.25) is 23.7 Å². The second-order valence-electron chi connectivity index (χ2n) is 15.3. The number of hydrogen-bond donors (Lipinski definition) is 1. The fraction of sp³-hybridized carbons (Fsp3) is 0.463. The summed E-state index contributed by atoms with van der Waals surface area (Å²) in [7, 11) is -0.676. The van der Waals surface area contributed by atoms with E-state index >= 15 is 4.79 Å². The van der Waals surface area contributed by atoms with Gasteiger partial charge in [-0.25, -0.2) is 0 Å². The van der Waals surface area contributed by atoms with Gasteiger partial charge in [0.1, 0.15) is 5.75 Å². The second kappa shape index (κ2) is 15.4. The largest absolute Gasteiger partial charge is 0.497 e. The molecule has 0 unspecified atom stereocenters. The lowest BCUT2D eigenvalue weighted by molar-refractivity contribution is -0.146. The third kappa shape index (κ3) is 7.04. The Hall–Kier alpha value is -4.03. The summed E-state index contributed by atoms with van der Waals surface area (Å²) in [6, 6.07) is 22.1. The van der Waals surface area contributed by atoms with Crippen molar-refractivity contribution >= 4 is 48.1 Å². The molecular weight excluding hydrogens is 706 g/mol. The third-order valence-electron chi connectivity index (χ3n) is 11.8. The molecule has 2 saturated heterocycles. The zero-order valence-electron chi connectivity index (χ0n) is 31.1. The molecule has 2 amide bonds. The van der Waals surface area contributed by atoms with Crippen molar-refractivity contribution in [2.75, 3.05) is 30.1 Å². The van der Waals surface area contributed by atoms with Crippen LogP contribution in [0.3, 0.4) is 0 Å². The predicted octanol–water partition coefficient (Wildman–Crippen LogP) is 6.63. The van der Waals surface area contributed by atoms with Crippen molar-refractivity contribution < 1.29 is 24.2 Å². The number of ether oxygens (including phenoxy) is 2. The molecule has 0 radical (unpaired) electrons. The van der Waals surface area contributed by atoms with Gasteiger partial charge in [0.25, 0.3) is 5.91 Å². The molecule has 3 aromatic carbocycles. The number of anilines is 2. The molecule has 3 aliphatic rings. The maximum atomic E-state index is 15.3. The maximum absolute atomic E-state index is 15.3. The number of benzene rings is 3. The molecule has 0 aliphatic carbocycles. The summed E-state index contributed by atoms with van der Waals surface area (Å²) < 4.78 is 14.6. The zero-order chi connectivity index (χ0) is 37.3. The van der Waals surface area contributed by atoms with Crippen molar-refractivity contribution in [3.8, 4) is 5.75 Å². The monoisotopic (exact) mass is 755 g/mol. The van der Waals surface area contributed by atoms with Crippen LogP contribution in [-0.2, 0) is 39.4 Å². The van der Waals surface area contributed by atoms with Crippen LogP contribution in [0.4, 0.5) is 11.4 Å². The van der Waals surface area contributed by atoms with Crippen molar-refractivity contribution in [2.24, 2.45) is 5.92 Å². The van der Waals surface area contributed by atoms with E-state index < -0.39 is 13.7 Å². The van der Waals surface area contributed by atoms with Crippen LogP contribution in [0, 0.1) is 5.92 Å². The van der Waals surface area contributed by atoms with E-state index in [0.717, 1.165) is 59.6 Å². The van der Waals surface area contributed by atoms with E-state index in [2.05, 4.69) is 48.5 Å². The molecule has 53 heavy (non-hydrogen) atoms. The first-order chi connectivity index (χ1) is 25.6. The summed E-state index contributed by atoms with van der Waals surface area (Å²) in [6.07, 6.45) is 7.34. The highest BCUT2D eigenvalue weighted by molar-refractivity contribution is 6.91. The molecule has 0 bridgehead atoms. The molecule has 280 valence electrons. The number of nitrogens with zero attached hydrogens (tertiary/aromatic N) is 5. The highest BCUT2D eigenvalue weighted by Gasteiger charge is 2.66. The Morgan fingerprint density at radius 3 is 2.60 bits per heavy atom. The Morgan fingerprint density at radius 2 is 1.83 bits per heavy atom.